The molecular weight excluding hydrogens is 595 g/mol. The minimum absolute atomic E-state index is 0.221. The van der Waals surface area contributed by atoms with E-state index in [-0.39, 0.29) is 24.2 Å². The van der Waals surface area contributed by atoms with Crippen molar-refractivity contribution in [2.75, 3.05) is 37.7 Å². The molecule has 0 spiro atoms. The van der Waals surface area contributed by atoms with Gasteiger partial charge in [0.2, 0.25) is 0 Å². The van der Waals surface area contributed by atoms with Crippen molar-refractivity contribution in [2.24, 2.45) is 0 Å². The van der Waals surface area contributed by atoms with E-state index in [1.165, 1.54) is 30.5 Å². The van der Waals surface area contributed by atoms with Gasteiger partial charge in [0.05, 0.1) is 6.54 Å². The second-order valence-corrected chi connectivity index (χ2v) is 11.1. The molecule has 2 aliphatic rings. The molecule has 14 heteroatoms. The third kappa shape index (κ3) is 7.58. The van der Waals surface area contributed by atoms with E-state index in [1.54, 1.807) is 4.57 Å². The molecule has 11 nitrogen and oxygen atoms in total. The van der Waals surface area contributed by atoms with Crippen molar-refractivity contribution < 1.29 is 37.0 Å². The smallest absolute Gasteiger partial charge is 0.489 e. The molecule has 45 heavy (non-hydrogen) atoms. The first-order chi connectivity index (χ1) is 21.5. The number of hydrogen-bond acceptors (Lipinski definition) is 9. The number of benzene rings is 3. The number of nitro groups is 1. The number of anilines is 1. The lowest BCUT2D eigenvalue weighted by molar-refractivity contribution is -0.389. The molecule has 0 saturated carbocycles. The van der Waals surface area contributed by atoms with Gasteiger partial charge in [0, 0.05) is 43.4 Å². The number of halogens is 3. The summed E-state index contributed by atoms with van der Waals surface area (Å²) in [5.41, 5.74) is 1.56. The van der Waals surface area contributed by atoms with E-state index in [2.05, 4.69) is 19.5 Å². The molecule has 2 aliphatic heterocycles. The van der Waals surface area contributed by atoms with Crippen LogP contribution in [0.2, 0.25) is 0 Å². The summed E-state index contributed by atoms with van der Waals surface area (Å²) >= 11 is 0. The number of ether oxygens (including phenoxy) is 4. The molecule has 1 aromatic heterocycles. The van der Waals surface area contributed by atoms with Crippen LogP contribution in [0, 0.1) is 10.1 Å². The van der Waals surface area contributed by atoms with E-state index >= 15 is 0 Å². The Balaban J connectivity index is 0.933. The molecule has 1 atom stereocenters. The number of piperazine rings is 1. The Bertz CT molecular complexity index is 1600. The fourth-order valence-corrected chi connectivity index (χ4v) is 5.28. The molecule has 3 heterocycles. The number of hydrogen-bond donors (Lipinski definition) is 0. The molecule has 4 aromatic rings. The van der Waals surface area contributed by atoms with Crippen LogP contribution in [0.25, 0.3) is 0 Å². The zero-order chi connectivity index (χ0) is 31.6. The first kappa shape index (κ1) is 30.1. The summed E-state index contributed by atoms with van der Waals surface area (Å²) in [6, 6.07) is 21.1. The molecule has 0 aliphatic carbocycles. The highest BCUT2D eigenvalue weighted by Gasteiger charge is 2.41. The van der Waals surface area contributed by atoms with Gasteiger partial charge in [-0.2, -0.15) is 0 Å². The molecule has 0 bridgehead atoms. The van der Waals surface area contributed by atoms with Crippen LogP contribution >= 0.6 is 0 Å². The second kappa shape index (κ2) is 12.2. The van der Waals surface area contributed by atoms with Crippen LogP contribution in [0.5, 0.6) is 29.0 Å². The second-order valence-electron chi connectivity index (χ2n) is 11.1. The zero-order valence-corrected chi connectivity index (χ0v) is 24.3. The largest absolute Gasteiger partial charge is 0.573 e. The summed E-state index contributed by atoms with van der Waals surface area (Å²) in [6.45, 7) is 6.88. The maximum absolute atomic E-state index is 12.3. The third-order valence-electron chi connectivity index (χ3n) is 7.50. The van der Waals surface area contributed by atoms with E-state index in [0.29, 0.717) is 23.8 Å². The predicted molar refractivity (Wildman–Crippen MR) is 157 cm³/mol. The van der Waals surface area contributed by atoms with Gasteiger partial charge in [0.25, 0.3) is 0 Å². The lowest BCUT2D eigenvalue weighted by Gasteiger charge is -2.36. The molecule has 3 aromatic carbocycles. The maximum atomic E-state index is 12.3. The van der Waals surface area contributed by atoms with Crippen molar-refractivity contribution >= 4 is 11.5 Å². The quantitative estimate of drug-likeness (QED) is 0.154. The Morgan fingerprint density at radius 1 is 0.911 bits per heavy atom. The van der Waals surface area contributed by atoms with Gasteiger partial charge in [-0.15, -0.1) is 13.2 Å². The molecule has 0 N–H and O–H groups in total. The summed E-state index contributed by atoms with van der Waals surface area (Å²) in [4.78, 5) is 19.0. The van der Waals surface area contributed by atoms with Crippen LogP contribution in [-0.4, -0.2) is 64.1 Å². The highest BCUT2D eigenvalue weighted by Crippen LogP contribution is 2.32. The Labute approximate surface area is 256 Å². The lowest BCUT2D eigenvalue weighted by Crippen LogP contribution is -2.45. The highest BCUT2D eigenvalue weighted by atomic mass is 19.4. The summed E-state index contributed by atoms with van der Waals surface area (Å²) in [5, 5.41) is 10.9. The molecule has 1 unspecified atom stereocenters. The Kier molecular flexibility index (Phi) is 8.14. The lowest BCUT2D eigenvalue weighted by atomic mass is 10.1. The fraction of sp³-hybridized carbons (Fsp3) is 0.323. The van der Waals surface area contributed by atoms with Crippen LogP contribution in [0.4, 0.5) is 24.7 Å². The fourth-order valence-electron chi connectivity index (χ4n) is 5.28. The van der Waals surface area contributed by atoms with Crippen molar-refractivity contribution in [3.05, 3.63) is 94.7 Å². The van der Waals surface area contributed by atoms with Gasteiger partial charge >= 0.3 is 18.2 Å². The van der Waals surface area contributed by atoms with Gasteiger partial charge in [0.15, 0.2) is 5.60 Å². The summed E-state index contributed by atoms with van der Waals surface area (Å²) in [7, 11) is 0. The third-order valence-corrected chi connectivity index (χ3v) is 7.50. The minimum atomic E-state index is -4.73. The average Bonchev–Trinajstić information content (AvgIpc) is 3.54. The number of alkyl halides is 3. The number of aromatic nitrogens is 2. The first-order valence-corrected chi connectivity index (χ1v) is 14.2. The van der Waals surface area contributed by atoms with Gasteiger partial charge in [-0.25, -0.2) is 0 Å². The van der Waals surface area contributed by atoms with E-state index in [1.807, 2.05) is 55.5 Å². The molecule has 0 amide bonds. The number of nitrogens with zero attached hydrogens (tertiary/aromatic N) is 5. The molecule has 236 valence electrons. The van der Waals surface area contributed by atoms with E-state index in [9.17, 15) is 23.3 Å². The summed E-state index contributed by atoms with van der Waals surface area (Å²) in [5.74, 6) is 1.17. The van der Waals surface area contributed by atoms with Crippen LogP contribution in [0.15, 0.2) is 79.0 Å². The van der Waals surface area contributed by atoms with Crippen LogP contribution in [-0.2, 0) is 13.1 Å². The molecule has 1 fully saturated rings. The van der Waals surface area contributed by atoms with Crippen molar-refractivity contribution in [1.82, 2.24) is 14.5 Å². The van der Waals surface area contributed by atoms with Gasteiger partial charge in [-0.1, -0.05) is 12.1 Å². The van der Waals surface area contributed by atoms with Gasteiger partial charge in [-0.05, 0) is 78.1 Å². The Hall–Kier alpha value is -4.98. The Morgan fingerprint density at radius 3 is 2.11 bits per heavy atom. The van der Waals surface area contributed by atoms with Crippen LogP contribution in [0.1, 0.15) is 12.5 Å². The highest BCUT2D eigenvalue weighted by molar-refractivity contribution is 5.49. The average molecular weight is 626 g/mol. The van der Waals surface area contributed by atoms with Gasteiger partial charge < -0.3 is 34.0 Å². The van der Waals surface area contributed by atoms with Crippen molar-refractivity contribution in [3.63, 3.8) is 0 Å². The van der Waals surface area contributed by atoms with Gasteiger partial charge in [0.1, 0.15) is 35.8 Å². The van der Waals surface area contributed by atoms with Crippen LogP contribution in [0.3, 0.4) is 0 Å². The first-order valence-electron chi connectivity index (χ1n) is 14.2. The van der Waals surface area contributed by atoms with E-state index in [4.69, 9.17) is 14.2 Å². The van der Waals surface area contributed by atoms with Crippen molar-refractivity contribution in [3.8, 4) is 29.0 Å². The SMILES string of the molecule is CC1(COc2ccc(N3CCN(Cc4ccc(Oc5ccc(OC(F)(F)F)cc5)cc4)CC3)cc2)Cn2cc([N+](=O)[O-])nc2O1. The molecule has 6 rings (SSSR count). The number of rotatable bonds is 10. The van der Waals surface area contributed by atoms with Gasteiger partial charge in [-0.3, -0.25) is 9.47 Å². The summed E-state index contributed by atoms with van der Waals surface area (Å²) < 4.78 is 60.1. The molecule has 0 radical (unpaired) electrons. The minimum Gasteiger partial charge on any atom is -0.489 e. The topological polar surface area (TPSA) is 104 Å². The predicted octanol–water partition coefficient (Wildman–Crippen LogP) is 6.03. The Morgan fingerprint density at radius 2 is 1.51 bits per heavy atom. The van der Waals surface area contributed by atoms with Crippen LogP contribution < -0.4 is 23.8 Å². The normalized spacial score (nSPS) is 18.3. The van der Waals surface area contributed by atoms with E-state index < -0.39 is 16.9 Å². The number of fused-ring (bicyclic) bond motifs is 1. The monoisotopic (exact) mass is 625 g/mol. The van der Waals surface area contributed by atoms with E-state index in [0.717, 1.165) is 44.0 Å². The summed E-state index contributed by atoms with van der Waals surface area (Å²) in [6.07, 6.45) is -3.36. The van der Waals surface area contributed by atoms with Crippen molar-refractivity contribution in [1.29, 1.82) is 0 Å². The molecular formula is C31H30F3N5O6. The van der Waals surface area contributed by atoms with Crippen molar-refractivity contribution in [2.45, 2.75) is 32.0 Å². The number of imidazole rings is 1. The maximum Gasteiger partial charge on any atom is 0.573 e. The molecule has 1 saturated heterocycles. The standard InChI is InChI=1S/C31H30F3N5O6/c1-30(20-38-19-28(39(40)41)35-29(38)45-30)21-42-24-8-4-23(5-9-24)37-16-14-36(15-17-37)18-22-2-6-25(7-3-22)43-26-10-12-27(13-11-26)44-31(32,33)34/h2-13,19H,14-18,20-21H2,1H3. The zero-order valence-electron chi connectivity index (χ0n) is 24.3.